The number of pyridine rings is 1. The summed E-state index contributed by atoms with van der Waals surface area (Å²) in [6, 6.07) is 2.98. The van der Waals surface area contributed by atoms with E-state index in [1.807, 2.05) is 0 Å². The van der Waals surface area contributed by atoms with Crippen molar-refractivity contribution in [1.29, 1.82) is 0 Å². The van der Waals surface area contributed by atoms with E-state index >= 15 is 0 Å². The molecule has 35 heavy (non-hydrogen) atoms. The van der Waals surface area contributed by atoms with Crippen LogP contribution in [0.15, 0.2) is 23.7 Å². The van der Waals surface area contributed by atoms with Crippen LogP contribution in [-0.2, 0) is 19.0 Å². The third kappa shape index (κ3) is 8.51. The van der Waals surface area contributed by atoms with Crippen molar-refractivity contribution in [2.45, 2.75) is 18.8 Å². The Hall–Kier alpha value is -2.64. The standard InChI is InChI=1S/C22H28ClN5O6S/c1-32-8-9-33-10-11-34-13-19(29)28-6-4-15(5-7-28)22-25-17(14-35-22)21(31)27-26-20(30)16-2-3-18(23)24-12-16/h2-3,12,14-15H,4-11,13H2,1H3,(H,26,30)(H,27,31). The third-order valence-corrected chi connectivity index (χ3v) is 6.49. The molecule has 2 aromatic rings. The average Bonchev–Trinajstić information content (AvgIpc) is 3.37. The number of likely N-dealkylation sites (tertiary alicyclic amines) is 1. The molecule has 3 rings (SSSR count). The van der Waals surface area contributed by atoms with Crippen molar-refractivity contribution in [3.63, 3.8) is 0 Å². The molecule has 11 nitrogen and oxygen atoms in total. The summed E-state index contributed by atoms with van der Waals surface area (Å²) in [6.07, 6.45) is 2.81. The lowest BCUT2D eigenvalue weighted by Crippen LogP contribution is -2.42. The number of hydrazine groups is 1. The molecule has 3 heterocycles. The highest BCUT2D eigenvalue weighted by Gasteiger charge is 2.26. The molecule has 0 bridgehead atoms. The summed E-state index contributed by atoms with van der Waals surface area (Å²) in [5.41, 5.74) is 5.16. The first kappa shape index (κ1) is 27.0. The lowest BCUT2D eigenvalue weighted by Gasteiger charge is -2.31. The van der Waals surface area contributed by atoms with Gasteiger partial charge in [-0.3, -0.25) is 25.2 Å². The zero-order chi connectivity index (χ0) is 25.0. The van der Waals surface area contributed by atoms with Crippen LogP contribution in [0.2, 0.25) is 5.15 Å². The van der Waals surface area contributed by atoms with E-state index in [2.05, 4.69) is 20.8 Å². The molecule has 0 unspecified atom stereocenters. The number of halogens is 1. The molecular formula is C22H28ClN5O6S. The van der Waals surface area contributed by atoms with Gasteiger partial charge in [0.05, 0.1) is 37.0 Å². The van der Waals surface area contributed by atoms with Crippen LogP contribution in [-0.4, -0.2) is 85.8 Å². The summed E-state index contributed by atoms with van der Waals surface area (Å²) in [5.74, 6) is -0.919. The van der Waals surface area contributed by atoms with Gasteiger partial charge in [0.15, 0.2) is 0 Å². The SMILES string of the molecule is COCCOCCOCC(=O)N1CCC(c2nc(C(=O)NNC(=O)c3ccc(Cl)nc3)cs2)CC1. The van der Waals surface area contributed by atoms with E-state index < -0.39 is 11.8 Å². The van der Waals surface area contributed by atoms with Gasteiger partial charge >= 0.3 is 0 Å². The predicted octanol–water partition coefficient (Wildman–Crippen LogP) is 1.65. The number of hydrogen-bond donors (Lipinski definition) is 2. The topological polar surface area (TPSA) is 132 Å². The largest absolute Gasteiger partial charge is 0.382 e. The first-order valence-corrected chi connectivity index (χ1v) is 12.3. The molecule has 0 spiro atoms. The van der Waals surface area contributed by atoms with Gasteiger partial charge in [-0.15, -0.1) is 11.3 Å². The van der Waals surface area contributed by atoms with Gasteiger partial charge < -0.3 is 19.1 Å². The van der Waals surface area contributed by atoms with Crippen LogP contribution in [0, 0.1) is 0 Å². The Morgan fingerprint density at radius 1 is 1.09 bits per heavy atom. The fourth-order valence-corrected chi connectivity index (χ4v) is 4.41. The number of carbonyl (C=O) groups excluding carboxylic acids is 3. The Bertz CT molecular complexity index is 981. The first-order chi connectivity index (χ1) is 17.0. The van der Waals surface area contributed by atoms with Gasteiger partial charge in [0.2, 0.25) is 5.91 Å². The predicted molar refractivity (Wildman–Crippen MR) is 128 cm³/mol. The summed E-state index contributed by atoms with van der Waals surface area (Å²) in [4.78, 5) is 46.8. The molecular weight excluding hydrogens is 498 g/mol. The number of nitrogens with zero attached hydrogens (tertiary/aromatic N) is 3. The number of carbonyl (C=O) groups is 3. The number of ether oxygens (including phenoxy) is 3. The van der Waals surface area contributed by atoms with Gasteiger partial charge in [-0.1, -0.05) is 11.6 Å². The van der Waals surface area contributed by atoms with Crippen molar-refractivity contribution < 1.29 is 28.6 Å². The van der Waals surface area contributed by atoms with Crippen molar-refractivity contribution in [1.82, 2.24) is 25.7 Å². The molecule has 13 heteroatoms. The Morgan fingerprint density at radius 2 is 1.80 bits per heavy atom. The molecule has 2 N–H and O–H groups in total. The minimum Gasteiger partial charge on any atom is -0.382 e. The lowest BCUT2D eigenvalue weighted by molar-refractivity contribution is -0.137. The highest BCUT2D eigenvalue weighted by Crippen LogP contribution is 2.30. The molecule has 0 radical (unpaired) electrons. The molecule has 0 atom stereocenters. The van der Waals surface area contributed by atoms with Gasteiger partial charge in [-0.05, 0) is 25.0 Å². The van der Waals surface area contributed by atoms with E-state index in [1.165, 1.54) is 29.7 Å². The Labute approximate surface area is 212 Å². The van der Waals surface area contributed by atoms with E-state index in [-0.39, 0.29) is 34.8 Å². The maximum atomic E-state index is 12.4. The monoisotopic (exact) mass is 525 g/mol. The number of thiazole rings is 1. The average molecular weight is 526 g/mol. The number of piperidine rings is 1. The number of amides is 3. The van der Waals surface area contributed by atoms with E-state index in [0.717, 1.165) is 17.8 Å². The third-order valence-electron chi connectivity index (χ3n) is 5.26. The second-order valence-corrected chi connectivity index (χ2v) is 8.94. The van der Waals surface area contributed by atoms with Crippen molar-refractivity contribution in [3.05, 3.63) is 45.1 Å². The molecule has 0 saturated carbocycles. The summed E-state index contributed by atoms with van der Waals surface area (Å²) in [6.45, 7) is 3.02. The number of nitrogens with one attached hydrogen (secondary N) is 2. The summed E-state index contributed by atoms with van der Waals surface area (Å²) < 4.78 is 15.6. The minimum atomic E-state index is -0.516. The summed E-state index contributed by atoms with van der Waals surface area (Å²) >= 11 is 7.10. The maximum Gasteiger partial charge on any atom is 0.289 e. The van der Waals surface area contributed by atoms with E-state index in [9.17, 15) is 14.4 Å². The quantitative estimate of drug-likeness (QED) is 0.257. The van der Waals surface area contributed by atoms with Crippen molar-refractivity contribution in [3.8, 4) is 0 Å². The van der Waals surface area contributed by atoms with Crippen LogP contribution in [0.5, 0.6) is 0 Å². The van der Waals surface area contributed by atoms with E-state index in [4.69, 9.17) is 25.8 Å². The highest BCUT2D eigenvalue weighted by molar-refractivity contribution is 7.09. The molecule has 1 saturated heterocycles. The number of aromatic nitrogens is 2. The van der Waals surface area contributed by atoms with Crippen LogP contribution in [0.4, 0.5) is 0 Å². The molecule has 0 aromatic carbocycles. The maximum absolute atomic E-state index is 12.4. The first-order valence-electron chi connectivity index (χ1n) is 11.1. The summed E-state index contributed by atoms with van der Waals surface area (Å²) in [5, 5.41) is 2.75. The number of rotatable bonds is 11. The van der Waals surface area contributed by atoms with Crippen LogP contribution in [0.3, 0.4) is 0 Å². The van der Waals surface area contributed by atoms with Crippen molar-refractivity contribution in [2.24, 2.45) is 0 Å². The summed E-state index contributed by atoms with van der Waals surface area (Å²) in [7, 11) is 1.61. The van der Waals surface area contributed by atoms with Gasteiger partial charge in [0.25, 0.3) is 11.8 Å². The van der Waals surface area contributed by atoms with Crippen LogP contribution in [0.1, 0.15) is 44.6 Å². The van der Waals surface area contributed by atoms with Crippen LogP contribution in [0.25, 0.3) is 0 Å². The zero-order valence-electron chi connectivity index (χ0n) is 19.3. The van der Waals surface area contributed by atoms with Crippen molar-refractivity contribution in [2.75, 3.05) is 53.2 Å². The fraction of sp³-hybridized carbons (Fsp3) is 0.500. The van der Waals surface area contributed by atoms with Gasteiger partial charge in [-0.25, -0.2) is 9.97 Å². The Kier molecular flexibility index (Phi) is 10.8. The Balaban J connectivity index is 1.37. The molecule has 0 aliphatic carbocycles. The molecule has 1 aliphatic rings. The van der Waals surface area contributed by atoms with Crippen LogP contribution >= 0.6 is 22.9 Å². The van der Waals surface area contributed by atoms with E-state index in [1.54, 1.807) is 17.4 Å². The van der Waals surface area contributed by atoms with Gasteiger partial charge in [-0.2, -0.15) is 0 Å². The second kappa shape index (κ2) is 14.0. The van der Waals surface area contributed by atoms with Gasteiger partial charge in [0.1, 0.15) is 17.5 Å². The number of hydrogen-bond acceptors (Lipinski definition) is 9. The number of methoxy groups -OCH3 is 1. The second-order valence-electron chi connectivity index (χ2n) is 7.66. The normalized spacial score (nSPS) is 14.1. The van der Waals surface area contributed by atoms with Crippen molar-refractivity contribution >= 4 is 40.7 Å². The molecule has 2 aromatic heterocycles. The minimum absolute atomic E-state index is 0.0255. The smallest absolute Gasteiger partial charge is 0.289 e. The zero-order valence-corrected chi connectivity index (χ0v) is 20.9. The molecule has 3 amide bonds. The van der Waals surface area contributed by atoms with Crippen LogP contribution < -0.4 is 10.9 Å². The lowest BCUT2D eigenvalue weighted by atomic mass is 9.97. The molecule has 1 aliphatic heterocycles. The Morgan fingerprint density at radius 3 is 2.51 bits per heavy atom. The van der Waals surface area contributed by atoms with Gasteiger partial charge in [0, 0.05) is 37.7 Å². The molecule has 190 valence electrons. The molecule has 1 fully saturated rings. The highest BCUT2D eigenvalue weighted by atomic mass is 35.5. The fourth-order valence-electron chi connectivity index (χ4n) is 3.33. The van der Waals surface area contributed by atoms with E-state index in [0.29, 0.717) is 39.5 Å².